The van der Waals surface area contributed by atoms with Gasteiger partial charge in [-0.1, -0.05) is 18.5 Å². The Morgan fingerprint density at radius 1 is 1.45 bits per heavy atom. The fourth-order valence-corrected chi connectivity index (χ4v) is 1.29. The van der Waals surface area contributed by atoms with Crippen LogP contribution in [0.2, 0.25) is 5.02 Å². The average molecular weight is 173 g/mol. The molecular formula is C9H10ClF. The largest absolute Gasteiger partial charge is 0.207 e. The van der Waals surface area contributed by atoms with E-state index in [0.29, 0.717) is 5.02 Å². The van der Waals surface area contributed by atoms with Crippen LogP contribution >= 0.6 is 11.6 Å². The van der Waals surface area contributed by atoms with Crippen molar-refractivity contribution < 1.29 is 4.39 Å². The van der Waals surface area contributed by atoms with Gasteiger partial charge in [-0.2, -0.15) is 0 Å². The van der Waals surface area contributed by atoms with Crippen molar-refractivity contribution in [1.82, 2.24) is 0 Å². The van der Waals surface area contributed by atoms with Crippen molar-refractivity contribution in [3.8, 4) is 0 Å². The molecule has 0 fully saturated rings. The molecule has 0 saturated heterocycles. The lowest BCUT2D eigenvalue weighted by Gasteiger charge is -2.04. The molecule has 0 amide bonds. The molecule has 0 radical (unpaired) electrons. The van der Waals surface area contributed by atoms with Crippen LogP contribution in [0.3, 0.4) is 0 Å². The molecule has 0 saturated carbocycles. The molecule has 1 aromatic carbocycles. The van der Waals surface area contributed by atoms with Gasteiger partial charge in [-0.25, -0.2) is 4.39 Å². The predicted octanol–water partition coefficient (Wildman–Crippen LogP) is 3.35. The Kier molecular flexibility index (Phi) is 2.50. The summed E-state index contributed by atoms with van der Waals surface area (Å²) in [7, 11) is 0. The summed E-state index contributed by atoms with van der Waals surface area (Å²) in [6.45, 7) is 3.89. The smallest absolute Gasteiger partial charge is 0.124 e. The highest BCUT2D eigenvalue weighted by molar-refractivity contribution is 6.31. The second kappa shape index (κ2) is 3.22. The zero-order chi connectivity index (χ0) is 8.43. The minimum atomic E-state index is -0.252. The highest BCUT2D eigenvalue weighted by Crippen LogP contribution is 2.20. The van der Waals surface area contributed by atoms with Gasteiger partial charge in [-0.05, 0) is 36.6 Å². The van der Waals surface area contributed by atoms with E-state index in [-0.39, 0.29) is 5.82 Å². The van der Waals surface area contributed by atoms with Crippen LogP contribution in [-0.4, -0.2) is 0 Å². The summed E-state index contributed by atoms with van der Waals surface area (Å²) < 4.78 is 12.7. The van der Waals surface area contributed by atoms with Crippen LogP contribution in [0.5, 0.6) is 0 Å². The molecule has 2 heteroatoms. The molecule has 0 heterocycles. The number of benzene rings is 1. The molecule has 0 nitrogen and oxygen atoms in total. The van der Waals surface area contributed by atoms with E-state index in [0.717, 1.165) is 17.5 Å². The van der Waals surface area contributed by atoms with Gasteiger partial charge in [0.25, 0.3) is 0 Å². The molecular weight excluding hydrogens is 163 g/mol. The SMILES string of the molecule is CCc1cc(F)cc(Cl)c1C. The first-order valence-electron chi connectivity index (χ1n) is 3.59. The number of hydrogen-bond acceptors (Lipinski definition) is 0. The summed E-state index contributed by atoms with van der Waals surface area (Å²) in [5.41, 5.74) is 1.96. The lowest BCUT2D eigenvalue weighted by Crippen LogP contribution is -1.89. The van der Waals surface area contributed by atoms with Gasteiger partial charge in [0.15, 0.2) is 0 Å². The summed E-state index contributed by atoms with van der Waals surface area (Å²) in [5.74, 6) is -0.252. The van der Waals surface area contributed by atoms with Crippen molar-refractivity contribution in [2.75, 3.05) is 0 Å². The van der Waals surface area contributed by atoms with Crippen LogP contribution in [0.15, 0.2) is 12.1 Å². The molecule has 0 spiro atoms. The minimum Gasteiger partial charge on any atom is -0.207 e. The second-order valence-corrected chi connectivity index (χ2v) is 2.93. The van der Waals surface area contributed by atoms with Gasteiger partial charge in [0, 0.05) is 5.02 Å². The summed E-state index contributed by atoms with van der Waals surface area (Å²) in [4.78, 5) is 0. The molecule has 0 aliphatic carbocycles. The van der Waals surface area contributed by atoms with E-state index in [1.54, 1.807) is 0 Å². The maximum Gasteiger partial charge on any atom is 0.124 e. The van der Waals surface area contributed by atoms with Crippen molar-refractivity contribution in [1.29, 1.82) is 0 Å². The normalized spacial score (nSPS) is 10.2. The van der Waals surface area contributed by atoms with Crippen LogP contribution < -0.4 is 0 Å². The summed E-state index contributed by atoms with van der Waals surface area (Å²) >= 11 is 5.76. The fraction of sp³-hybridized carbons (Fsp3) is 0.333. The molecule has 60 valence electrons. The lowest BCUT2D eigenvalue weighted by molar-refractivity contribution is 0.625. The van der Waals surface area contributed by atoms with Crippen LogP contribution in [0, 0.1) is 12.7 Å². The van der Waals surface area contributed by atoms with Gasteiger partial charge in [-0.3, -0.25) is 0 Å². The van der Waals surface area contributed by atoms with E-state index in [1.165, 1.54) is 12.1 Å². The zero-order valence-corrected chi connectivity index (χ0v) is 7.37. The van der Waals surface area contributed by atoms with E-state index in [9.17, 15) is 4.39 Å². The summed E-state index contributed by atoms with van der Waals surface area (Å²) in [6.07, 6.45) is 0.823. The zero-order valence-electron chi connectivity index (χ0n) is 6.62. The molecule has 0 aliphatic rings. The Morgan fingerprint density at radius 3 is 2.64 bits per heavy atom. The van der Waals surface area contributed by atoms with Gasteiger partial charge >= 0.3 is 0 Å². The Morgan fingerprint density at radius 2 is 2.09 bits per heavy atom. The highest BCUT2D eigenvalue weighted by atomic mass is 35.5. The number of hydrogen-bond donors (Lipinski definition) is 0. The minimum absolute atomic E-state index is 0.252. The first kappa shape index (κ1) is 8.54. The van der Waals surface area contributed by atoms with Crippen molar-refractivity contribution in [3.05, 3.63) is 34.1 Å². The molecule has 0 N–H and O–H groups in total. The van der Waals surface area contributed by atoms with Crippen LogP contribution in [0.25, 0.3) is 0 Å². The standard InChI is InChI=1S/C9H10ClF/c1-3-7-4-8(11)5-9(10)6(7)2/h4-5H,3H2,1-2H3. The molecule has 0 aromatic heterocycles. The molecule has 0 bridgehead atoms. The number of rotatable bonds is 1. The Balaban J connectivity index is 3.24. The highest BCUT2D eigenvalue weighted by Gasteiger charge is 2.02. The third-order valence-electron chi connectivity index (χ3n) is 1.80. The lowest BCUT2D eigenvalue weighted by atomic mass is 10.1. The van der Waals surface area contributed by atoms with Crippen molar-refractivity contribution in [2.24, 2.45) is 0 Å². The third kappa shape index (κ3) is 1.72. The fourth-order valence-electron chi connectivity index (χ4n) is 1.07. The van der Waals surface area contributed by atoms with Gasteiger partial charge < -0.3 is 0 Å². The Bertz CT molecular complexity index is 269. The third-order valence-corrected chi connectivity index (χ3v) is 2.19. The average Bonchev–Trinajstić information content (AvgIpc) is 1.96. The number of halogens is 2. The Labute approximate surface area is 71.0 Å². The first-order valence-corrected chi connectivity index (χ1v) is 3.97. The molecule has 0 unspecified atom stereocenters. The monoisotopic (exact) mass is 172 g/mol. The van der Waals surface area contributed by atoms with E-state index in [1.807, 2.05) is 13.8 Å². The van der Waals surface area contributed by atoms with Crippen LogP contribution in [-0.2, 0) is 6.42 Å². The van der Waals surface area contributed by atoms with E-state index in [2.05, 4.69) is 0 Å². The maximum absolute atomic E-state index is 12.7. The van der Waals surface area contributed by atoms with Crippen molar-refractivity contribution in [3.63, 3.8) is 0 Å². The molecule has 1 rings (SSSR count). The first-order chi connectivity index (χ1) is 5.15. The van der Waals surface area contributed by atoms with Crippen molar-refractivity contribution in [2.45, 2.75) is 20.3 Å². The van der Waals surface area contributed by atoms with Crippen molar-refractivity contribution >= 4 is 11.6 Å². The van der Waals surface area contributed by atoms with Crippen LogP contribution in [0.4, 0.5) is 4.39 Å². The molecule has 1 aromatic rings. The van der Waals surface area contributed by atoms with Gasteiger partial charge in [-0.15, -0.1) is 0 Å². The molecule has 11 heavy (non-hydrogen) atoms. The second-order valence-electron chi connectivity index (χ2n) is 2.53. The van der Waals surface area contributed by atoms with E-state index >= 15 is 0 Å². The summed E-state index contributed by atoms with van der Waals surface area (Å²) in [5, 5.41) is 0.516. The topological polar surface area (TPSA) is 0 Å². The predicted molar refractivity (Wildman–Crippen MR) is 45.5 cm³/mol. The van der Waals surface area contributed by atoms with E-state index in [4.69, 9.17) is 11.6 Å². The summed E-state index contributed by atoms with van der Waals surface area (Å²) in [6, 6.07) is 2.87. The quantitative estimate of drug-likeness (QED) is 0.610. The maximum atomic E-state index is 12.7. The number of aryl methyl sites for hydroxylation is 1. The molecule has 0 atom stereocenters. The van der Waals surface area contributed by atoms with Crippen LogP contribution in [0.1, 0.15) is 18.1 Å². The van der Waals surface area contributed by atoms with Gasteiger partial charge in [0.2, 0.25) is 0 Å². The van der Waals surface area contributed by atoms with E-state index < -0.39 is 0 Å². The van der Waals surface area contributed by atoms with Gasteiger partial charge in [0.1, 0.15) is 5.82 Å². The Hall–Kier alpha value is -0.560. The van der Waals surface area contributed by atoms with Gasteiger partial charge in [0.05, 0.1) is 0 Å². The molecule has 0 aliphatic heterocycles.